The van der Waals surface area contributed by atoms with Gasteiger partial charge in [0.1, 0.15) is 11.6 Å². The van der Waals surface area contributed by atoms with Crippen molar-refractivity contribution in [1.82, 2.24) is 0 Å². The molecule has 92 valence electrons. The summed E-state index contributed by atoms with van der Waals surface area (Å²) in [6, 6.07) is 7.93. The monoisotopic (exact) mass is 248 g/mol. The molecule has 0 aromatic heterocycles. The number of aromatic carboxylic acids is 1. The molecular formula is C14H10F2O2. The number of carboxylic acid groups (broad SMARTS) is 1. The number of carboxylic acids is 1. The highest BCUT2D eigenvalue weighted by Crippen LogP contribution is 2.25. The quantitative estimate of drug-likeness (QED) is 0.880. The van der Waals surface area contributed by atoms with E-state index in [0.717, 1.165) is 6.07 Å². The molecule has 0 atom stereocenters. The fourth-order valence-corrected chi connectivity index (χ4v) is 1.64. The van der Waals surface area contributed by atoms with Gasteiger partial charge in [-0.3, -0.25) is 0 Å². The highest BCUT2D eigenvalue weighted by Gasteiger charge is 2.10. The number of benzene rings is 2. The van der Waals surface area contributed by atoms with E-state index in [4.69, 9.17) is 5.11 Å². The maximum atomic E-state index is 13.7. The van der Waals surface area contributed by atoms with E-state index in [2.05, 4.69) is 0 Å². The minimum Gasteiger partial charge on any atom is -0.478 e. The third kappa shape index (κ3) is 2.22. The minimum absolute atomic E-state index is 0.135. The predicted molar refractivity (Wildman–Crippen MR) is 63.5 cm³/mol. The zero-order chi connectivity index (χ0) is 13.3. The van der Waals surface area contributed by atoms with Crippen LogP contribution in [0.25, 0.3) is 11.1 Å². The molecule has 0 aliphatic heterocycles. The van der Waals surface area contributed by atoms with E-state index in [1.54, 1.807) is 19.1 Å². The molecule has 0 heterocycles. The van der Waals surface area contributed by atoms with Crippen LogP contribution in [0.4, 0.5) is 8.78 Å². The molecule has 0 spiro atoms. The summed E-state index contributed by atoms with van der Waals surface area (Å²) in [5, 5.41) is 8.72. The van der Waals surface area contributed by atoms with Crippen molar-refractivity contribution in [2.75, 3.05) is 0 Å². The number of hydrogen-bond acceptors (Lipinski definition) is 1. The van der Waals surface area contributed by atoms with Gasteiger partial charge < -0.3 is 5.11 Å². The van der Waals surface area contributed by atoms with Crippen molar-refractivity contribution in [3.05, 3.63) is 59.2 Å². The number of rotatable bonds is 2. The molecule has 0 bridgehead atoms. The lowest BCUT2D eigenvalue weighted by atomic mass is 10.0. The van der Waals surface area contributed by atoms with Gasteiger partial charge in [-0.15, -0.1) is 0 Å². The van der Waals surface area contributed by atoms with E-state index in [-0.39, 0.29) is 11.1 Å². The van der Waals surface area contributed by atoms with Crippen LogP contribution in [-0.4, -0.2) is 11.1 Å². The highest BCUT2D eigenvalue weighted by atomic mass is 19.1. The Bertz CT molecular complexity index is 621. The van der Waals surface area contributed by atoms with Crippen LogP contribution in [0.15, 0.2) is 36.4 Å². The second-order valence-electron chi connectivity index (χ2n) is 3.96. The molecule has 2 rings (SSSR count). The normalized spacial score (nSPS) is 10.4. The predicted octanol–water partition coefficient (Wildman–Crippen LogP) is 3.64. The fourth-order valence-electron chi connectivity index (χ4n) is 1.64. The number of aryl methyl sites for hydroxylation is 1. The van der Waals surface area contributed by atoms with Crippen LogP contribution in [0.1, 0.15) is 15.9 Å². The second-order valence-corrected chi connectivity index (χ2v) is 3.96. The molecule has 1 N–H and O–H groups in total. The maximum Gasteiger partial charge on any atom is 0.335 e. The van der Waals surface area contributed by atoms with Crippen LogP contribution in [-0.2, 0) is 0 Å². The topological polar surface area (TPSA) is 37.3 Å². The Balaban J connectivity index is 2.51. The Labute approximate surface area is 103 Å². The van der Waals surface area contributed by atoms with E-state index >= 15 is 0 Å². The number of halogens is 2. The van der Waals surface area contributed by atoms with Crippen LogP contribution in [0.2, 0.25) is 0 Å². The molecule has 2 aromatic rings. The Morgan fingerprint density at radius 3 is 2.33 bits per heavy atom. The molecule has 4 heteroatoms. The average molecular weight is 248 g/mol. The molecule has 0 amide bonds. The highest BCUT2D eigenvalue weighted by molar-refractivity contribution is 5.88. The van der Waals surface area contributed by atoms with E-state index in [9.17, 15) is 13.6 Å². The van der Waals surface area contributed by atoms with Gasteiger partial charge in [0.2, 0.25) is 0 Å². The van der Waals surface area contributed by atoms with E-state index < -0.39 is 17.6 Å². The molecule has 2 aromatic carbocycles. The molecule has 0 aliphatic carbocycles. The van der Waals surface area contributed by atoms with Crippen LogP contribution in [0.5, 0.6) is 0 Å². The van der Waals surface area contributed by atoms with Gasteiger partial charge >= 0.3 is 5.97 Å². The summed E-state index contributed by atoms with van der Waals surface area (Å²) in [5.74, 6) is -2.30. The Kier molecular flexibility index (Phi) is 3.10. The van der Waals surface area contributed by atoms with E-state index in [1.807, 2.05) is 0 Å². The van der Waals surface area contributed by atoms with Gasteiger partial charge in [-0.1, -0.05) is 18.2 Å². The summed E-state index contributed by atoms with van der Waals surface area (Å²) in [7, 11) is 0. The van der Waals surface area contributed by atoms with E-state index in [1.165, 1.54) is 18.2 Å². The van der Waals surface area contributed by atoms with Crippen molar-refractivity contribution < 1.29 is 18.7 Å². The first-order valence-corrected chi connectivity index (χ1v) is 5.28. The van der Waals surface area contributed by atoms with Crippen LogP contribution in [0.3, 0.4) is 0 Å². The molecule has 0 radical (unpaired) electrons. The number of carbonyl (C=O) groups is 1. The lowest BCUT2D eigenvalue weighted by molar-refractivity contribution is 0.0696. The summed E-state index contributed by atoms with van der Waals surface area (Å²) in [6.07, 6.45) is 0. The second kappa shape index (κ2) is 4.56. The molecule has 0 saturated heterocycles. The van der Waals surface area contributed by atoms with Crippen molar-refractivity contribution in [2.45, 2.75) is 6.92 Å². The van der Waals surface area contributed by atoms with Crippen LogP contribution >= 0.6 is 0 Å². The smallest absolute Gasteiger partial charge is 0.335 e. The molecule has 2 nitrogen and oxygen atoms in total. The third-order valence-electron chi connectivity index (χ3n) is 2.70. The zero-order valence-corrected chi connectivity index (χ0v) is 9.58. The van der Waals surface area contributed by atoms with Gasteiger partial charge in [-0.05, 0) is 36.2 Å². The molecule has 0 unspecified atom stereocenters. The van der Waals surface area contributed by atoms with Gasteiger partial charge in [0.25, 0.3) is 0 Å². The zero-order valence-electron chi connectivity index (χ0n) is 9.58. The summed E-state index contributed by atoms with van der Waals surface area (Å²) < 4.78 is 27.1. The summed E-state index contributed by atoms with van der Waals surface area (Å²) in [6.45, 7) is 1.61. The fraction of sp³-hybridized carbons (Fsp3) is 0.0714. The molecule has 0 saturated carbocycles. The van der Waals surface area contributed by atoms with Crippen molar-refractivity contribution in [1.29, 1.82) is 0 Å². The molecule has 18 heavy (non-hydrogen) atoms. The lowest BCUT2D eigenvalue weighted by Gasteiger charge is -2.06. The third-order valence-corrected chi connectivity index (χ3v) is 2.70. The van der Waals surface area contributed by atoms with Gasteiger partial charge in [0.05, 0.1) is 5.56 Å². The lowest BCUT2D eigenvalue weighted by Crippen LogP contribution is -1.97. The Hall–Kier alpha value is -2.23. The minimum atomic E-state index is -1.20. The van der Waals surface area contributed by atoms with E-state index in [0.29, 0.717) is 11.1 Å². The van der Waals surface area contributed by atoms with Gasteiger partial charge in [0.15, 0.2) is 0 Å². The van der Waals surface area contributed by atoms with Crippen LogP contribution < -0.4 is 0 Å². The standard InChI is InChI=1S/C14H10F2O2/c1-8-2-3-9(6-12(8)15)11-5-4-10(14(17)18)7-13(11)16/h2-7H,1H3,(H,17,18). The Morgan fingerprint density at radius 1 is 1.06 bits per heavy atom. The average Bonchev–Trinajstić information content (AvgIpc) is 2.32. The van der Waals surface area contributed by atoms with Gasteiger partial charge in [-0.2, -0.15) is 0 Å². The van der Waals surface area contributed by atoms with Gasteiger partial charge in [-0.25, -0.2) is 13.6 Å². The molecule has 0 fully saturated rings. The largest absolute Gasteiger partial charge is 0.478 e. The summed E-state index contributed by atoms with van der Waals surface area (Å²) in [5.41, 5.74) is 0.900. The van der Waals surface area contributed by atoms with Crippen molar-refractivity contribution in [3.63, 3.8) is 0 Å². The molecular weight excluding hydrogens is 238 g/mol. The first-order valence-electron chi connectivity index (χ1n) is 5.28. The summed E-state index contributed by atoms with van der Waals surface area (Å²) in [4.78, 5) is 10.7. The van der Waals surface area contributed by atoms with Crippen molar-refractivity contribution in [2.24, 2.45) is 0 Å². The molecule has 0 aliphatic rings. The van der Waals surface area contributed by atoms with Crippen LogP contribution in [0, 0.1) is 18.6 Å². The van der Waals surface area contributed by atoms with Crippen molar-refractivity contribution in [3.8, 4) is 11.1 Å². The SMILES string of the molecule is Cc1ccc(-c2ccc(C(=O)O)cc2F)cc1F. The Morgan fingerprint density at radius 2 is 1.78 bits per heavy atom. The van der Waals surface area contributed by atoms with Crippen molar-refractivity contribution >= 4 is 5.97 Å². The van der Waals surface area contributed by atoms with Gasteiger partial charge in [0, 0.05) is 5.56 Å². The maximum absolute atomic E-state index is 13.7. The first kappa shape index (κ1) is 12.2. The first-order chi connectivity index (χ1) is 8.49. The number of hydrogen-bond donors (Lipinski definition) is 1. The summed E-state index contributed by atoms with van der Waals surface area (Å²) >= 11 is 0.